The lowest BCUT2D eigenvalue weighted by Gasteiger charge is -2.30. The second-order valence-electron chi connectivity index (χ2n) is 9.68. The van der Waals surface area contributed by atoms with Crippen LogP contribution in [-0.4, -0.2) is 71.0 Å². The van der Waals surface area contributed by atoms with E-state index in [4.69, 9.17) is 0 Å². The van der Waals surface area contributed by atoms with Crippen molar-refractivity contribution in [1.29, 1.82) is 0 Å². The van der Waals surface area contributed by atoms with E-state index in [2.05, 4.69) is 16.0 Å². The Kier molecular flexibility index (Phi) is 8.90. The van der Waals surface area contributed by atoms with Crippen LogP contribution in [0.4, 0.5) is 0 Å². The van der Waals surface area contributed by atoms with Crippen LogP contribution in [-0.2, 0) is 32.0 Å². The molecule has 2 aromatic carbocycles. The van der Waals surface area contributed by atoms with Crippen molar-refractivity contribution < 1.29 is 24.3 Å². The summed E-state index contributed by atoms with van der Waals surface area (Å²) < 4.78 is 0. The van der Waals surface area contributed by atoms with Crippen LogP contribution in [0.5, 0.6) is 0 Å². The van der Waals surface area contributed by atoms with Crippen molar-refractivity contribution in [1.82, 2.24) is 20.9 Å². The lowest BCUT2D eigenvalue weighted by Crippen LogP contribution is -2.57. The van der Waals surface area contributed by atoms with Crippen LogP contribution < -0.4 is 16.0 Å². The predicted molar refractivity (Wildman–Crippen MR) is 138 cm³/mol. The largest absolute Gasteiger partial charge is 0.480 e. The van der Waals surface area contributed by atoms with Crippen LogP contribution in [0.15, 0.2) is 60.7 Å². The first-order valence-corrected chi connectivity index (χ1v) is 12.9. The van der Waals surface area contributed by atoms with Gasteiger partial charge in [-0.25, -0.2) is 4.79 Å². The molecule has 2 aliphatic rings. The number of carboxylic acid groups (broad SMARTS) is 1. The lowest BCUT2D eigenvalue weighted by molar-refractivity contribution is -0.144. The van der Waals surface area contributed by atoms with Gasteiger partial charge in [-0.2, -0.15) is 0 Å². The molecule has 9 heteroatoms. The fourth-order valence-electron chi connectivity index (χ4n) is 5.05. The van der Waals surface area contributed by atoms with E-state index in [0.29, 0.717) is 32.2 Å². The molecule has 2 aliphatic heterocycles. The molecule has 4 atom stereocenters. The van der Waals surface area contributed by atoms with E-state index >= 15 is 0 Å². The number of hydrogen-bond acceptors (Lipinski definition) is 5. The Bertz CT molecular complexity index is 1090. The average Bonchev–Trinajstić information content (AvgIpc) is 3.61. The number of carbonyl (C=O) groups is 4. The highest BCUT2D eigenvalue weighted by Crippen LogP contribution is 2.21. The number of benzene rings is 2. The van der Waals surface area contributed by atoms with Gasteiger partial charge in [-0.15, -0.1) is 0 Å². The molecule has 0 saturated carbocycles. The van der Waals surface area contributed by atoms with Crippen molar-refractivity contribution >= 4 is 23.7 Å². The fourth-order valence-corrected chi connectivity index (χ4v) is 5.05. The average molecular weight is 507 g/mol. The minimum Gasteiger partial charge on any atom is -0.480 e. The van der Waals surface area contributed by atoms with E-state index in [-0.39, 0.29) is 24.3 Å². The van der Waals surface area contributed by atoms with Crippen molar-refractivity contribution in [2.75, 3.05) is 13.1 Å². The SMILES string of the molecule is O=C(O)[C@H](Cc1ccccc1)NC(=O)[C@@H]1CCCN1C(=O)[C@H](Cc1ccccc1)NC(=O)[C@@H]1CCCN1. The monoisotopic (exact) mass is 506 g/mol. The van der Waals surface area contributed by atoms with Gasteiger partial charge in [-0.05, 0) is 43.4 Å². The van der Waals surface area contributed by atoms with Gasteiger partial charge in [0.05, 0.1) is 6.04 Å². The maximum Gasteiger partial charge on any atom is 0.326 e. The summed E-state index contributed by atoms with van der Waals surface area (Å²) in [5, 5.41) is 18.4. The normalized spacial score (nSPS) is 20.7. The third kappa shape index (κ3) is 6.95. The van der Waals surface area contributed by atoms with Crippen molar-refractivity contribution in [2.24, 2.45) is 0 Å². The van der Waals surface area contributed by atoms with E-state index in [1.54, 1.807) is 0 Å². The molecule has 2 heterocycles. The van der Waals surface area contributed by atoms with Crippen LogP contribution in [0.25, 0.3) is 0 Å². The van der Waals surface area contributed by atoms with Gasteiger partial charge in [0.1, 0.15) is 18.1 Å². The molecular weight excluding hydrogens is 472 g/mol. The molecule has 0 bridgehead atoms. The molecule has 0 radical (unpaired) electrons. The van der Waals surface area contributed by atoms with Crippen LogP contribution in [0.3, 0.4) is 0 Å². The number of carboxylic acids is 1. The van der Waals surface area contributed by atoms with Crippen molar-refractivity contribution in [3.8, 4) is 0 Å². The molecule has 0 spiro atoms. The number of rotatable bonds is 10. The van der Waals surface area contributed by atoms with Crippen molar-refractivity contribution in [2.45, 2.75) is 62.7 Å². The Morgan fingerprint density at radius 3 is 2.00 bits per heavy atom. The third-order valence-corrected chi connectivity index (χ3v) is 7.01. The van der Waals surface area contributed by atoms with Gasteiger partial charge in [0.15, 0.2) is 0 Å². The van der Waals surface area contributed by atoms with Gasteiger partial charge in [0.25, 0.3) is 0 Å². The Hall–Kier alpha value is -3.72. The molecule has 2 fully saturated rings. The Morgan fingerprint density at radius 2 is 1.43 bits per heavy atom. The summed E-state index contributed by atoms with van der Waals surface area (Å²) in [5.74, 6) is -2.17. The van der Waals surface area contributed by atoms with Gasteiger partial charge in [-0.1, -0.05) is 60.7 Å². The van der Waals surface area contributed by atoms with E-state index in [1.165, 1.54) is 4.90 Å². The topological polar surface area (TPSA) is 128 Å². The lowest BCUT2D eigenvalue weighted by atomic mass is 10.0. The third-order valence-electron chi connectivity index (χ3n) is 7.01. The highest BCUT2D eigenvalue weighted by atomic mass is 16.4. The van der Waals surface area contributed by atoms with Crippen LogP contribution >= 0.6 is 0 Å². The van der Waals surface area contributed by atoms with E-state index in [0.717, 1.165) is 24.1 Å². The number of hydrogen-bond donors (Lipinski definition) is 4. The highest BCUT2D eigenvalue weighted by molar-refractivity contribution is 5.94. The first kappa shape index (κ1) is 26.3. The first-order valence-electron chi connectivity index (χ1n) is 12.9. The van der Waals surface area contributed by atoms with Gasteiger partial charge in [0, 0.05) is 19.4 Å². The van der Waals surface area contributed by atoms with Gasteiger partial charge < -0.3 is 26.0 Å². The van der Waals surface area contributed by atoms with Crippen LogP contribution in [0.1, 0.15) is 36.8 Å². The zero-order valence-corrected chi connectivity index (χ0v) is 20.8. The molecule has 2 saturated heterocycles. The molecule has 4 rings (SSSR count). The van der Waals surface area contributed by atoms with Crippen molar-refractivity contribution in [3.63, 3.8) is 0 Å². The summed E-state index contributed by atoms with van der Waals surface area (Å²) in [5.41, 5.74) is 1.69. The standard InChI is InChI=1S/C28H34N4O5/c33-25(21-13-7-15-29-21)30-22(17-19-9-3-1-4-10-19)27(35)32-16-8-14-24(32)26(34)31-23(28(36)37)18-20-11-5-2-6-12-20/h1-6,9-12,21-24,29H,7-8,13-18H2,(H,30,33)(H,31,34)(H,36,37)/t21-,22-,23-,24-/m0/s1. The Balaban J connectivity index is 1.47. The fraction of sp³-hybridized carbons (Fsp3) is 0.429. The molecule has 196 valence electrons. The van der Waals surface area contributed by atoms with E-state index in [9.17, 15) is 24.3 Å². The number of nitrogens with one attached hydrogen (secondary N) is 3. The maximum atomic E-state index is 13.7. The number of carbonyl (C=O) groups excluding carboxylic acids is 3. The summed E-state index contributed by atoms with van der Waals surface area (Å²) in [6.45, 7) is 1.13. The molecule has 2 aromatic rings. The highest BCUT2D eigenvalue weighted by Gasteiger charge is 2.39. The summed E-state index contributed by atoms with van der Waals surface area (Å²) >= 11 is 0. The molecular formula is C28H34N4O5. The zero-order chi connectivity index (χ0) is 26.2. The predicted octanol–water partition coefficient (Wildman–Crippen LogP) is 1.27. The number of amides is 3. The summed E-state index contributed by atoms with van der Waals surface area (Å²) in [6, 6.07) is 15.5. The minimum atomic E-state index is -1.13. The number of nitrogens with zero attached hydrogens (tertiary/aromatic N) is 1. The second-order valence-corrected chi connectivity index (χ2v) is 9.68. The maximum absolute atomic E-state index is 13.7. The van der Waals surface area contributed by atoms with E-state index < -0.39 is 30.0 Å². The molecule has 0 aliphatic carbocycles. The van der Waals surface area contributed by atoms with E-state index in [1.807, 2.05) is 60.7 Å². The smallest absolute Gasteiger partial charge is 0.326 e. The van der Waals surface area contributed by atoms with Crippen LogP contribution in [0.2, 0.25) is 0 Å². The zero-order valence-electron chi connectivity index (χ0n) is 20.8. The van der Waals surface area contributed by atoms with Gasteiger partial charge in [0.2, 0.25) is 17.7 Å². The summed E-state index contributed by atoms with van der Waals surface area (Å²) in [6.07, 6.45) is 3.11. The van der Waals surface area contributed by atoms with Crippen LogP contribution in [0, 0.1) is 0 Å². The summed E-state index contributed by atoms with van der Waals surface area (Å²) in [4.78, 5) is 53.2. The molecule has 3 amide bonds. The van der Waals surface area contributed by atoms with Gasteiger partial charge >= 0.3 is 5.97 Å². The number of aliphatic carboxylic acids is 1. The molecule has 4 N–H and O–H groups in total. The number of likely N-dealkylation sites (tertiary alicyclic amines) is 1. The molecule has 0 unspecified atom stereocenters. The van der Waals surface area contributed by atoms with Crippen molar-refractivity contribution in [3.05, 3.63) is 71.8 Å². The second kappa shape index (κ2) is 12.5. The summed E-state index contributed by atoms with van der Waals surface area (Å²) in [7, 11) is 0. The van der Waals surface area contributed by atoms with Gasteiger partial charge in [-0.3, -0.25) is 14.4 Å². The molecule has 37 heavy (non-hydrogen) atoms. The quantitative estimate of drug-likeness (QED) is 0.384. The molecule has 9 nitrogen and oxygen atoms in total. The first-order chi connectivity index (χ1) is 17.9. The molecule has 0 aromatic heterocycles. The minimum absolute atomic E-state index is 0.143. The Labute approximate surface area is 216 Å². The Morgan fingerprint density at radius 1 is 0.838 bits per heavy atom.